The summed E-state index contributed by atoms with van der Waals surface area (Å²) in [5.41, 5.74) is 3.59. The highest BCUT2D eigenvalue weighted by molar-refractivity contribution is 7.99. The fourth-order valence-corrected chi connectivity index (χ4v) is 3.87. The van der Waals surface area contributed by atoms with Crippen LogP contribution >= 0.6 is 23.4 Å². The predicted molar refractivity (Wildman–Crippen MR) is 119 cm³/mol. The summed E-state index contributed by atoms with van der Waals surface area (Å²) in [4.78, 5) is 35.1. The van der Waals surface area contributed by atoms with Crippen molar-refractivity contribution in [1.29, 1.82) is 0 Å². The molecule has 2 aromatic carbocycles. The van der Waals surface area contributed by atoms with Crippen LogP contribution in [0.5, 0.6) is 0 Å². The number of hydrogen-bond donors (Lipinski definition) is 1. The van der Waals surface area contributed by atoms with E-state index in [1.165, 1.54) is 4.57 Å². The number of nitrogens with one attached hydrogen (secondary N) is 1. The van der Waals surface area contributed by atoms with Crippen LogP contribution in [0.3, 0.4) is 0 Å². The van der Waals surface area contributed by atoms with Gasteiger partial charge in [0, 0.05) is 5.02 Å². The normalized spacial score (nSPS) is 11.0. The van der Waals surface area contributed by atoms with E-state index in [4.69, 9.17) is 20.9 Å². The van der Waals surface area contributed by atoms with Gasteiger partial charge in [0.05, 0.1) is 36.1 Å². The van der Waals surface area contributed by atoms with E-state index in [2.05, 4.69) is 10.5 Å². The Labute approximate surface area is 186 Å². The summed E-state index contributed by atoms with van der Waals surface area (Å²) in [6.45, 7) is 0.457. The zero-order valence-electron chi connectivity index (χ0n) is 16.3. The first-order valence-electron chi connectivity index (χ1n) is 9.40. The number of benzene rings is 2. The van der Waals surface area contributed by atoms with Gasteiger partial charge in [0.15, 0.2) is 5.16 Å². The van der Waals surface area contributed by atoms with Gasteiger partial charge in [-0.3, -0.25) is 19.0 Å². The Balaban J connectivity index is 1.49. The summed E-state index contributed by atoms with van der Waals surface area (Å²) in [5.74, 6) is 0.284. The Kier molecular flexibility index (Phi) is 6.71. The van der Waals surface area contributed by atoms with Gasteiger partial charge in [0.1, 0.15) is 5.76 Å². The summed E-state index contributed by atoms with van der Waals surface area (Å²) in [7, 11) is 0. The molecule has 9 heteroatoms. The summed E-state index contributed by atoms with van der Waals surface area (Å²) in [6, 6.07) is 17.9. The molecule has 1 N–H and O–H groups in total. The van der Waals surface area contributed by atoms with Gasteiger partial charge in [0.2, 0.25) is 0 Å². The van der Waals surface area contributed by atoms with Gasteiger partial charge in [-0.15, -0.1) is 0 Å². The second-order valence-corrected chi connectivity index (χ2v) is 7.99. The molecule has 0 radical (unpaired) electrons. The molecule has 4 aromatic rings. The molecular weight excluding hydrogens is 438 g/mol. The van der Waals surface area contributed by atoms with Gasteiger partial charge < -0.3 is 4.42 Å². The van der Waals surface area contributed by atoms with Crippen molar-refractivity contribution < 1.29 is 14.0 Å². The number of nitrogens with zero attached hydrogens (tertiary/aromatic N) is 2. The molecule has 2 heterocycles. The van der Waals surface area contributed by atoms with E-state index in [1.54, 1.807) is 36.6 Å². The smallest absolute Gasteiger partial charge is 0.262 e. The standard InChI is InChI=1S/C22H18ClN3O4S/c23-16-8-9-18-19(11-16)24-22(26(21(18)28)12-17-7-4-10-29-17)31-14-20(27)25-30-13-15-5-2-1-3-6-15/h1-11H,12-14H2,(H,25,27). The van der Waals surface area contributed by atoms with E-state index in [0.29, 0.717) is 26.8 Å². The van der Waals surface area contributed by atoms with Gasteiger partial charge in [0.25, 0.3) is 11.5 Å². The Hall–Kier alpha value is -3.07. The lowest BCUT2D eigenvalue weighted by molar-refractivity contribution is -0.131. The number of rotatable bonds is 8. The third-order valence-electron chi connectivity index (χ3n) is 4.38. The van der Waals surface area contributed by atoms with E-state index in [9.17, 15) is 9.59 Å². The number of thioether (sulfide) groups is 1. The van der Waals surface area contributed by atoms with Crippen LogP contribution in [-0.4, -0.2) is 21.2 Å². The van der Waals surface area contributed by atoms with Crippen molar-refractivity contribution in [3.05, 3.63) is 93.6 Å². The third kappa shape index (κ3) is 5.35. The molecule has 0 aliphatic rings. The van der Waals surface area contributed by atoms with Crippen molar-refractivity contribution in [3.63, 3.8) is 0 Å². The van der Waals surface area contributed by atoms with Crippen molar-refractivity contribution in [2.75, 3.05) is 5.75 Å². The van der Waals surface area contributed by atoms with Crippen LogP contribution < -0.4 is 11.0 Å². The van der Waals surface area contributed by atoms with Crippen LogP contribution in [0.15, 0.2) is 81.3 Å². The lowest BCUT2D eigenvalue weighted by atomic mass is 10.2. The third-order valence-corrected chi connectivity index (χ3v) is 5.59. The molecule has 0 aliphatic carbocycles. The highest BCUT2D eigenvalue weighted by Gasteiger charge is 2.15. The van der Waals surface area contributed by atoms with Gasteiger partial charge in [-0.2, -0.15) is 0 Å². The number of furan rings is 1. The molecule has 2 aromatic heterocycles. The Morgan fingerprint density at radius 1 is 1.16 bits per heavy atom. The van der Waals surface area contributed by atoms with Gasteiger partial charge in [-0.05, 0) is 35.9 Å². The van der Waals surface area contributed by atoms with Gasteiger partial charge in [-0.1, -0.05) is 53.7 Å². The van der Waals surface area contributed by atoms with E-state index in [-0.39, 0.29) is 30.4 Å². The lowest BCUT2D eigenvalue weighted by Crippen LogP contribution is -2.27. The number of aromatic nitrogens is 2. The van der Waals surface area contributed by atoms with Crippen LogP contribution in [0.4, 0.5) is 0 Å². The number of halogens is 1. The minimum atomic E-state index is -0.342. The maximum Gasteiger partial charge on any atom is 0.262 e. The first-order chi connectivity index (χ1) is 15.1. The van der Waals surface area contributed by atoms with Crippen LogP contribution in [0.25, 0.3) is 10.9 Å². The molecule has 31 heavy (non-hydrogen) atoms. The minimum Gasteiger partial charge on any atom is -0.467 e. The highest BCUT2D eigenvalue weighted by Crippen LogP contribution is 2.21. The SMILES string of the molecule is O=C(CSc1nc2cc(Cl)ccc2c(=O)n1Cc1ccco1)NOCc1ccccc1. The number of amides is 1. The number of carbonyl (C=O) groups excluding carboxylic acids is 1. The number of hydroxylamine groups is 1. The molecule has 0 aliphatic heterocycles. The topological polar surface area (TPSA) is 86.4 Å². The molecule has 7 nitrogen and oxygen atoms in total. The lowest BCUT2D eigenvalue weighted by Gasteiger charge is -2.12. The zero-order chi connectivity index (χ0) is 21.6. The second kappa shape index (κ2) is 9.82. The monoisotopic (exact) mass is 455 g/mol. The highest BCUT2D eigenvalue weighted by atomic mass is 35.5. The molecule has 158 valence electrons. The summed E-state index contributed by atoms with van der Waals surface area (Å²) in [6.07, 6.45) is 1.54. The maximum atomic E-state index is 13.1. The predicted octanol–water partition coefficient (Wildman–Crippen LogP) is 4.03. The van der Waals surface area contributed by atoms with Gasteiger partial charge in [-0.25, -0.2) is 10.5 Å². The number of fused-ring (bicyclic) bond motifs is 1. The van der Waals surface area contributed by atoms with Crippen LogP contribution in [-0.2, 0) is 22.8 Å². The van der Waals surface area contributed by atoms with E-state index in [0.717, 1.165) is 17.3 Å². The van der Waals surface area contributed by atoms with E-state index < -0.39 is 0 Å². The van der Waals surface area contributed by atoms with E-state index >= 15 is 0 Å². The van der Waals surface area contributed by atoms with Crippen molar-refractivity contribution in [3.8, 4) is 0 Å². The molecule has 0 spiro atoms. The quantitative estimate of drug-likeness (QED) is 0.245. The molecule has 0 saturated carbocycles. The fraction of sp³-hybridized carbons (Fsp3) is 0.136. The van der Waals surface area contributed by atoms with Crippen molar-refractivity contribution >= 4 is 40.2 Å². The fourth-order valence-electron chi connectivity index (χ4n) is 2.92. The molecule has 4 rings (SSSR count). The Morgan fingerprint density at radius 2 is 2.00 bits per heavy atom. The molecule has 0 saturated heterocycles. The minimum absolute atomic E-state index is 0.0193. The van der Waals surface area contributed by atoms with Gasteiger partial charge >= 0.3 is 0 Å². The molecule has 0 fully saturated rings. The average molecular weight is 456 g/mol. The zero-order valence-corrected chi connectivity index (χ0v) is 17.9. The number of carbonyl (C=O) groups is 1. The van der Waals surface area contributed by atoms with Crippen LogP contribution in [0, 0.1) is 0 Å². The first kappa shape index (κ1) is 21.2. The molecule has 0 bridgehead atoms. The summed E-state index contributed by atoms with van der Waals surface area (Å²) in [5, 5.41) is 1.30. The number of hydrogen-bond acceptors (Lipinski definition) is 6. The Morgan fingerprint density at radius 3 is 2.77 bits per heavy atom. The molecule has 0 atom stereocenters. The van der Waals surface area contributed by atoms with Crippen molar-refractivity contribution in [1.82, 2.24) is 15.0 Å². The van der Waals surface area contributed by atoms with Crippen molar-refractivity contribution in [2.24, 2.45) is 0 Å². The molecule has 1 amide bonds. The first-order valence-corrected chi connectivity index (χ1v) is 10.8. The van der Waals surface area contributed by atoms with Crippen LogP contribution in [0.1, 0.15) is 11.3 Å². The second-order valence-electron chi connectivity index (χ2n) is 6.61. The maximum absolute atomic E-state index is 13.1. The van der Waals surface area contributed by atoms with Crippen LogP contribution in [0.2, 0.25) is 5.02 Å². The molecule has 0 unspecified atom stereocenters. The van der Waals surface area contributed by atoms with Crippen molar-refractivity contribution in [2.45, 2.75) is 18.3 Å². The average Bonchev–Trinajstić information content (AvgIpc) is 3.28. The Bertz CT molecular complexity index is 1240. The summed E-state index contributed by atoms with van der Waals surface area (Å²) < 4.78 is 6.87. The molecular formula is C22H18ClN3O4S. The summed E-state index contributed by atoms with van der Waals surface area (Å²) >= 11 is 7.20. The van der Waals surface area contributed by atoms with E-state index in [1.807, 2.05) is 30.3 Å². The largest absolute Gasteiger partial charge is 0.467 e.